The molecule has 1 aromatic carbocycles. The maximum Gasteiger partial charge on any atom is 0.410 e. The van der Waals surface area contributed by atoms with E-state index in [4.69, 9.17) is 21.9 Å². The summed E-state index contributed by atoms with van der Waals surface area (Å²) in [6.45, 7) is 0. The molecule has 0 aliphatic rings. The van der Waals surface area contributed by atoms with E-state index in [1.54, 1.807) is 0 Å². The topological polar surface area (TPSA) is 159 Å². The molecule has 0 atom stereocenters. The van der Waals surface area contributed by atoms with Crippen molar-refractivity contribution in [1.82, 2.24) is 14.5 Å². The molecule has 0 radical (unpaired) electrons. The van der Waals surface area contributed by atoms with E-state index < -0.39 is 6.09 Å². The van der Waals surface area contributed by atoms with Crippen molar-refractivity contribution in [2.75, 3.05) is 11.5 Å². The lowest BCUT2D eigenvalue weighted by Gasteiger charge is -2.09. The Kier molecular flexibility index (Phi) is 3.60. The lowest BCUT2D eigenvalue weighted by atomic mass is 10.0. The molecule has 27 heavy (non-hydrogen) atoms. The van der Waals surface area contributed by atoms with Crippen LogP contribution in [0.4, 0.5) is 16.3 Å². The zero-order valence-electron chi connectivity index (χ0n) is 14.1. The van der Waals surface area contributed by atoms with E-state index in [1.807, 2.05) is 35.9 Å². The van der Waals surface area contributed by atoms with Gasteiger partial charge in [0, 0.05) is 7.05 Å². The Labute approximate surface area is 156 Å². The standard InChI is InChI=1S/C17H13N7O2S/c1-24-9-5-3-2-4-8(9)22-14(24)10-7(6-18)13(20)23-15-11(10)12(19)16(27-15)26-17(21)25/h2-5H,19H2,1H3,(H2,20,23)(H2,21,25). The molecule has 0 aliphatic carbocycles. The zero-order chi connectivity index (χ0) is 19.3. The number of para-hydroxylation sites is 2. The van der Waals surface area contributed by atoms with Crippen LogP contribution in [-0.2, 0) is 7.05 Å². The normalized spacial score (nSPS) is 11.0. The van der Waals surface area contributed by atoms with E-state index in [2.05, 4.69) is 16.0 Å². The van der Waals surface area contributed by atoms with E-state index in [0.29, 0.717) is 21.6 Å². The van der Waals surface area contributed by atoms with Gasteiger partial charge in [-0.2, -0.15) is 5.26 Å². The number of carbonyl (C=O) groups is 1. The number of carbonyl (C=O) groups excluding carboxylic acids is 1. The number of rotatable bonds is 2. The second kappa shape index (κ2) is 5.86. The lowest BCUT2D eigenvalue weighted by Crippen LogP contribution is -2.16. The third-order valence-electron chi connectivity index (χ3n) is 4.19. The van der Waals surface area contributed by atoms with Gasteiger partial charge in [-0.1, -0.05) is 23.5 Å². The molecule has 0 unspecified atom stereocenters. The van der Waals surface area contributed by atoms with Crippen LogP contribution in [0.2, 0.25) is 0 Å². The average Bonchev–Trinajstić information content (AvgIpc) is 3.11. The minimum atomic E-state index is -0.994. The van der Waals surface area contributed by atoms with Crippen molar-refractivity contribution in [3.05, 3.63) is 29.8 Å². The largest absolute Gasteiger partial charge is 0.410 e. The predicted octanol–water partition coefficient (Wildman–Crippen LogP) is 2.34. The van der Waals surface area contributed by atoms with Crippen LogP contribution in [0.1, 0.15) is 5.56 Å². The number of nitrogen functional groups attached to an aromatic ring is 2. The summed E-state index contributed by atoms with van der Waals surface area (Å²) in [4.78, 5) is 20.4. The molecule has 0 fully saturated rings. The summed E-state index contributed by atoms with van der Waals surface area (Å²) >= 11 is 1.02. The Hall–Kier alpha value is -3.84. The summed E-state index contributed by atoms with van der Waals surface area (Å²) in [7, 11) is 1.83. The van der Waals surface area contributed by atoms with Gasteiger partial charge in [0.25, 0.3) is 0 Å². The minimum absolute atomic E-state index is 0.0407. The lowest BCUT2D eigenvalue weighted by molar-refractivity contribution is 0.212. The van der Waals surface area contributed by atoms with Crippen molar-refractivity contribution in [2.45, 2.75) is 0 Å². The number of primary amides is 1. The molecule has 4 rings (SSSR count). The first kappa shape index (κ1) is 16.6. The first-order valence-electron chi connectivity index (χ1n) is 7.73. The number of aryl methyl sites for hydroxylation is 1. The predicted molar refractivity (Wildman–Crippen MR) is 103 cm³/mol. The summed E-state index contributed by atoms with van der Waals surface area (Å²) in [5, 5.41) is 10.2. The summed E-state index contributed by atoms with van der Waals surface area (Å²) in [6.07, 6.45) is -0.994. The number of pyridine rings is 1. The average molecular weight is 379 g/mol. The SMILES string of the molecule is Cn1c(-c2c(C#N)c(N)nc3sc(OC(N)=O)c(N)c23)nc2ccccc21. The van der Waals surface area contributed by atoms with E-state index >= 15 is 0 Å². The van der Waals surface area contributed by atoms with Crippen LogP contribution in [0, 0.1) is 11.3 Å². The number of ether oxygens (including phenoxy) is 1. The molecule has 3 aromatic heterocycles. The number of nitrogens with two attached hydrogens (primary N) is 3. The minimum Gasteiger partial charge on any atom is -0.397 e. The van der Waals surface area contributed by atoms with Gasteiger partial charge in [-0.3, -0.25) is 0 Å². The van der Waals surface area contributed by atoms with Crippen molar-refractivity contribution in [3.8, 4) is 22.5 Å². The fraction of sp³-hybridized carbons (Fsp3) is 0.0588. The van der Waals surface area contributed by atoms with Gasteiger partial charge in [0.15, 0.2) is 0 Å². The van der Waals surface area contributed by atoms with Crippen LogP contribution < -0.4 is 21.9 Å². The van der Waals surface area contributed by atoms with Crippen molar-refractivity contribution < 1.29 is 9.53 Å². The smallest absolute Gasteiger partial charge is 0.397 e. The molecule has 0 saturated carbocycles. The fourth-order valence-electron chi connectivity index (χ4n) is 3.02. The van der Waals surface area contributed by atoms with Crippen molar-refractivity contribution in [3.63, 3.8) is 0 Å². The molecular formula is C17H13N7O2S. The Bertz CT molecular complexity index is 1280. The third kappa shape index (κ3) is 2.41. The summed E-state index contributed by atoms with van der Waals surface area (Å²) in [5.41, 5.74) is 19.7. The molecular weight excluding hydrogens is 366 g/mol. The van der Waals surface area contributed by atoms with Crippen LogP contribution >= 0.6 is 11.3 Å². The Morgan fingerprint density at radius 2 is 2.04 bits per heavy atom. The van der Waals surface area contributed by atoms with E-state index in [1.165, 1.54) is 0 Å². The van der Waals surface area contributed by atoms with Gasteiger partial charge in [-0.15, -0.1) is 0 Å². The summed E-state index contributed by atoms with van der Waals surface area (Å²) < 4.78 is 6.81. The molecule has 0 saturated heterocycles. The first-order chi connectivity index (χ1) is 12.9. The molecule has 0 bridgehead atoms. The summed E-state index contributed by atoms with van der Waals surface area (Å²) in [5.74, 6) is 0.543. The van der Waals surface area contributed by atoms with Gasteiger partial charge in [-0.05, 0) is 12.1 Å². The van der Waals surface area contributed by atoms with Crippen molar-refractivity contribution in [1.29, 1.82) is 5.26 Å². The third-order valence-corrected chi connectivity index (χ3v) is 5.16. The van der Waals surface area contributed by atoms with Crippen molar-refractivity contribution >= 4 is 50.2 Å². The number of amides is 1. The van der Waals surface area contributed by atoms with E-state index in [9.17, 15) is 10.1 Å². The van der Waals surface area contributed by atoms with Crippen LogP contribution in [0.15, 0.2) is 24.3 Å². The monoisotopic (exact) mass is 379 g/mol. The van der Waals surface area contributed by atoms with Crippen LogP contribution in [-0.4, -0.2) is 20.6 Å². The maximum absolute atomic E-state index is 11.2. The zero-order valence-corrected chi connectivity index (χ0v) is 14.9. The molecule has 134 valence electrons. The van der Waals surface area contributed by atoms with Crippen molar-refractivity contribution in [2.24, 2.45) is 12.8 Å². The molecule has 3 heterocycles. The Balaban J connectivity index is 2.14. The van der Waals surface area contributed by atoms with E-state index in [-0.39, 0.29) is 22.1 Å². The fourth-order valence-corrected chi connectivity index (χ4v) is 3.99. The van der Waals surface area contributed by atoms with Gasteiger partial charge >= 0.3 is 6.09 Å². The Morgan fingerprint density at radius 1 is 1.30 bits per heavy atom. The molecule has 10 heteroatoms. The second-order valence-corrected chi connectivity index (χ2v) is 6.71. The number of anilines is 2. The van der Waals surface area contributed by atoms with Crippen LogP contribution in [0.5, 0.6) is 5.06 Å². The van der Waals surface area contributed by atoms with E-state index in [0.717, 1.165) is 22.4 Å². The number of aromatic nitrogens is 3. The van der Waals surface area contributed by atoms with Gasteiger partial charge in [0.2, 0.25) is 5.06 Å². The van der Waals surface area contributed by atoms with Gasteiger partial charge < -0.3 is 26.5 Å². The number of benzene rings is 1. The highest BCUT2D eigenvalue weighted by atomic mass is 32.1. The molecule has 0 aliphatic heterocycles. The number of nitriles is 1. The van der Waals surface area contributed by atoms with Gasteiger partial charge in [-0.25, -0.2) is 14.8 Å². The number of fused-ring (bicyclic) bond motifs is 2. The number of hydrogen-bond donors (Lipinski definition) is 3. The number of thiophene rings is 1. The Morgan fingerprint density at radius 3 is 2.70 bits per heavy atom. The van der Waals surface area contributed by atoms with Crippen LogP contribution in [0.3, 0.4) is 0 Å². The summed E-state index contributed by atoms with van der Waals surface area (Å²) in [6, 6.07) is 9.63. The maximum atomic E-state index is 11.2. The number of hydrogen-bond acceptors (Lipinski definition) is 8. The molecule has 4 aromatic rings. The highest BCUT2D eigenvalue weighted by Gasteiger charge is 2.25. The number of nitrogens with zero attached hydrogens (tertiary/aromatic N) is 4. The van der Waals surface area contributed by atoms with Gasteiger partial charge in [0.05, 0.1) is 27.7 Å². The quantitative estimate of drug-likeness (QED) is 0.482. The first-order valence-corrected chi connectivity index (χ1v) is 8.54. The number of imidazole rings is 1. The molecule has 1 amide bonds. The highest BCUT2D eigenvalue weighted by molar-refractivity contribution is 7.21. The second-order valence-electron chi connectivity index (χ2n) is 5.75. The van der Waals surface area contributed by atoms with Gasteiger partial charge in [0.1, 0.15) is 28.1 Å². The molecule has 9 nitrogen and oxygen atoms in total. The highest BCUT2D eigenvalue weighted by Crippen LogP contribution is 2.46. The molecule has 6 N–H and O–H groups in total. The molecule has 0 spiro atoms. The van der Waals surface area contributed by atoms with Crippen LogP contribution in [0.25, 0.3) is 32.6 Å².